The van der Waals surface area contributed by atoms with Gasteiger partial charge in [0, 0.05) is 17.1 Å². The van der Waals surface area contributed by atoms with E-state index < -0.39 is 41.9 Å². The van der Waals surface area contributed by atoms with Gasteiger partial charge in [0.25, 0.3) is 5.91 Å². The fraction of sp³-hybridized carbons (Fsp3) is 0.310. The van der Waals surface area contributed by atoms with Crippen LogP contribution in [0.4, 0.5) is 8.78 Å². The van der Waals surface area contributed by atoms with Crippen LogP contribution in [0.3, 0.4) is 0 Å². The normalized spacial score (nSPS) is 14.2. The lowest BCUT2D eigenvalue weighted by Gasteiger charge is -2.26. The highest BCUT2D eigenvalue weighted by molar-refractivity contribution is 7.16. The Balaban J connectivity index is 1.49. The molecular weight excluding hydrogens is 570 g/mol. The molecule has 0 fully saturated rings. The average Bonchev–Trinajstić information content (AvgIpc) is 3.67. The van der Waals surface area contributed by atoms with Gasteiger partial charge in [0.15, 0.2) is 0 Å². The van der Waals surface area contributed by atoms with Gasteiger partial charge < -0.3 is 20.8 Å². The van der Waals surface area contributed by atoms with Crippen LogP contribution in [0, 0.1) is 11.6 Å². The Kier molecular flexibility index (Phi) is 10.6. The van der Waals surface area contributed by atoms with E-state index in [1.54, 1.807) is 42.8 Å². The average molecular weight is 601 g/mol. The Morgan fingerprint density at radius 2 is 1.76 bits per heavy atom. The number of nitrogens with one attached hydrogen (secondary N) is 2. The second-order valence-corrected chi connectivity index (χ2v) is 11.5. The van der Waals surface area contributed by atoms with Crippen LogP contribution in [0.25, 0.3) is 10.6 Å². The van der Waals surface area contributed by atoms with E-state index in [-0.39, 0.29) is 23.5 Å². The van der Waals surface area contributed by atoms with Crippen molar-refractivity contribution in [1.29, 1.82) is 0 Å². The zero-order valence-electron chi connectivity index (χ0n) is 22.2. The number of aliphatic hydroxyl groups excluding tert-OH is 2. The van der Waals surface area contributed by atoms with Crippen molar-refractivity contribution >= 4 is 34.5 Å². The number of hydrogen-bond donors (Lipinski definition) is 4. The first-order valence-corrected chi connectivity index (χ1v) is 14.7. The summed E-state index contributed by atoms with van der Waals surface area (Å²) >= 11 is 2.31. The number of nitrogens with zero attached hydrogens (tertiary/aromatic N) is 2. The SMILES string of the molecule is CC(O)CC[C@H](NC(=O)c1cnc(-c2cccc(F)c2)s1)C(=O)N[C@@H](CCc1ccc(F)cc1)C(O)c1nccs1. The molecule has 8 nitrogen and oxygen atoms in total. The summed E-state index contributed by atoms with van der Waals surface area (Å²) in [5.74, 6) is -1.86. The summed E-state index contributed by atoms with van der Waals surface area (Å²) in [6.45, 7) is 1.59. The molecule has 0 bridgehead atoms. The fourth-order valence-corrected chi connectivity index (χ4v) is 5.66. The molecule has 216 valence electrons. The van der Waals surface area contributed by atoms with Crippen LogP contribution in [0.2, 0.25) is 0 Å². The second-order valence-electron chi connectivity index (χ2n) is 9.59. The number of thiazole rings is 2. The van der Waals surface area contributed by atoms with Gasteiger partial charge in [-0.2, -0.15) is 0 Å². The van der Waals surface area contributed by atoms with Gasteiger partial charge in [-0.15, -0.1) is 22.7 Å². The zero-order chi connectivity index (χ0) is 29.4. The van der Waals surface area contributed by atoms with Crippen molar-refractivity contribution in [2.75, 3.05) is 0 Å². The summed E-state index contributed by atoms with van der Waals surface area (Å²) in [4.78, 5) is 35.2. The number of benzene rings is 2. The molecule has 4 rings (SSSR count). The molecule has 4 aromatic rings. The standard InChI is InChI=1S/C29H30F2N4O4S2/c1-17(36)5-11-23(35-27(39)24-16-33-28(41-24)19-3-2-4-21(31)15-19)26(38)34-22(25(37)29-32-13-14-40-29)12-8-18-6-9-20(30)10-7-18/h2-4,6-7,9-10,13-17,22-23,25,36-37H,5,8,11-12H2,1H3,(H,34,38)(H,35,39)/t17?,22-,23-,25?/m0/s1. The number of hydrogen-bond acceptors (Lipinski definition) is 8. The van der Waals surface area contributed by atoms with E-state index in [4.69, 9.17) is 0 Å². The van der Waals surface area contributed by atoms with E-state index in [0.717, 1.165) is 16.9 Å². The largest absolute Gasteiger partial charge is 0.393 e. The molecule has 4 N–H and O–H groups in total. The fourth-order valence-electron chi connectivity index (χ4n) is 4.16. The lowest BCUT2D eigenvalue weighted by atomic mass is 10.00. The predicted octanol–water partition coefficient (Wildman–Crippen LogP) is 4.66. The topological polar surface area (TPSA) is 124 Å². The van der Waals surface area contributed by atoms with Gasteiger partial charge >= 0.3 is 0 Å². The molecular formula is C29H30F2N4O4S2. The summed E-state index contributed by atoms with van der Waals surface area (Å²) in [7, 11) is 0. The van der Waals surface area contributed by atoms with Gasteiger partial charge in [-0.25, -0.2) is 18.7 Å². The molecule has 0 spiro atoms. The molecule has 0 aliphatic carbocycles. The third-order valence-corrected chi connectivity index (χ3v) is 8.26. The van der Waals surface area contributed by atoms with Gasteiger partial charge in [0.1, 0.15) is 38.7 Å². The minimum Gasteiger partial charge on any atom is -0.393 e. The number of carbonyl (C=O) groups is 2. The molecule has 0 aliphatic heterocycles. The van der Waals surface area contributed by atoms with Crippen molar-refractivity contribution < 1.29 is 28.6 Å². The maximum Gasteiger partial charge on any atom is 0.263 e. The maximum absolute atomic E-state index is 13.6. The molecule has 2 unspecified atom stereocenters. The molecule has 2 aromatic carbocycles. The van der Waals surface area contributed by atoms with Crippen molar-refractivity contribution in [2.24, 2.45) is 0 Å². The highest BCUT2D eigenvalue weighted by Crippen LogP contribution is 2.26. The number of carbonyl (C=O) groups excluding carboxylic acids is 2. The Morgan fingerprint density at radius 3 is 2.44 bits per heavy atom. The van der Waals surface area contributed by atoms with Crippen LogP contribution >= 0.6 is 22.7 Å². The van der Waals surface area contributed by atoms with Crippen molar-refractivity contribution in [1.82, 2.24) is 20.6 Å². The first-order valence-electron chi connectivity index (χ1n) is 13.0. The molecule has 12 heteroatoms. The number of aryl methyl sites for hydroxylation is 1. The number of aromatic nitrogens is 2. The van der Waals surface area contributed by atoms with Gasteiger partial charge in [0.05, 0.1) is 18.3 Å². The quantitative estimate of drug-likeness (QED) is 0.177. The van der Waals surface area contributed by atoms with Crippen molar-refractivity contribution in [3.63, 3.8) is 0 Å². The molecule has 2 heterocycles. The lowest BCUT2D eigenvalue weighted by Crippen LogP contribution is -2.51. The predicted molar refractivity (Wildman–Crippen MR) is 153 cm³/mol. The Labute approximate surface area is 244 Å². The summed E-state index contributed by atoms with van der Waals surface area (Å²) in [5.41, 5.74) is 1.35. The Morgan fingerprint density at radius 1 is 0.976 bits per heavy atom. The molecule has 2 aromatic heterocycles. The third kappa shape index (κ3) is 8.70. The van der Waals surface area contributed by atoms with Crippen LogP contribution in [0.1, 0.15) is 52.5 Å². The van der Waals surface area contributed by atoms with Crippen LogP contribution in [0.15, 0.2) is 66.3 Å². The van der Waals surface area contributed by atoms with Crippen LogP contribution in [-0.2, 0) is 11.2 Å². The van der Waals surface area contributed by atoms with Crippen molar-refractivity contribution in [3.8, 4) is 10.6 Å². The number of halogens is 2. The molecule has 4 atom stereocenters. The third-order valence-electron chi connectivity index (χ3n) is 6.37. The van der Waals surface area contributed by atoms with Crippen LogP contribution < -0.4 is 10.6 Å². The molecule has 0 aliphatic rings. The van der Waals surface area contributed by atoms with E-state index in [2.05, 4.69) is 20.6 Å². The second kappa shape index (κ2) is 14.4. The maximum atomic E-state index is 13.6. The van der Waals surface area contributed by atoms with E-state index in [1.165, 1.54) is 41.8 Å². The van der Waals surface area contributed by atoms with Crippen LogP contribution in [-0.4, -0.2) is 50.2 Å². The van der Waals surface area contributed by atoms with Gasteiger partial charge in [-0.05, 0) is 62.4 Å². The summed E-state index contributed by atoms with van der Waals surface area (Å²) < 4.78 is 27.0. The smallest absolute Gasteiger partial charge is 0.263 e. The highest BCUT2D eigenvalue weighted by atomic mass is 32.1. The summed E-state index contributed by atoms with van der Waals surface area (Å²) in [6.07, 6.45) is 2.25. The first kappa shape index (κ1) is 30.4. The van der Waals surface area contributed by atoms with Gasteiger partial charge in [-0.3, -0.25) is 9.59 Å². The molecule has 2 amide bonds. The first-order chi connectivity index (χ1) is 19.7. The van der Waals surface area contributed by atoms with Crippen LogP contribution in [0.5, 0.6) is 0 Å². The highest BCUT2D eigenvalue weighted by Gasteiger charge is 2.29. The van der Waals surface area contributed by atoms with E-state index in [9.17, 15) is 28.6 Å². The number of aliphatic hydroxyl groups is 2. The minimum absolute atomic E-state index is 0.142. The minimum atomic E-state index is -1.11. The Hall–Kier alpha value is -3.58. The van der Waals surface area contributed by atoms with Gasteiger partial charge in [0.2, 0.25) is 5.91 Å². The van der Waals surface area contributed by atoms with E-state index in [0.29, 0.717) is 28.4 Å². The van der Waals surface area contributed by atoms with Crippen molar-refractivity contribution in [2.45, 2.75) is 56.9 Å². The Bertz CT molecular complexity index is 1430. The monoisotopic (exact) mass is 600 g/mol. The zero-order valence-corrected chi connectivity index (χ0v) is 23.8. The molecule has 0 radical (unpaired) electrons. The summed E-state index contributed by atoms with van der Waals surface area (Å²) in [6, 6.07) is 10.1. The van der Waals surface area contributed by atoms with E-state index >= 15 is 0 Å². The van der Waals surface area contributed by atoms with E-state index in [1.807, 2.05) is 0 Å². The van der Waals surface area contributed by atoms with Crippen molar-refractivity contribution in [3.05, 3.63) is 93.4 Å². The van der Waals surface area contributed by atoms with Gasteiger partial charge in [-0.1, -0.05) is 24.3 Å². The number of amides is 2. The summed E-state index contributed by atoms with van der Waals surface area (Å²) in [5, 5.41) is 29.1. The number of rotatable bonds is 13. The molecule has 0 saturated heterocycles. The molecule has 41 heavy (non-hydrogen) atoms. The lowest BCUT2D eigenvalue weighted by molar-refractivity contribution is -0.125. The molecule has 0 saturated carbocycles.